The number of hydrogen-bond acceptors (Lipinski definition) is 6. The van der Waals surface area contributed by atoms with E-state index in [2.05, 4.69) is 53.5 Å². The lowest BCUT2D eigenvalue weighted by atomic mass is 9.90. The van der Waals surface area contributed by atoms with Gasteiger partial charge in [-0.3, -0.25) is 4.79 Å². The van der Waals surface area contributed by atoms with Crippen molar-refractivity contribution in [2.45, 2.75) is 51.1 Å². The molecule has 0 spiro atoms. The molecule has 2 aromatic heterocycles. The van der Waals surface area contributed by atoms with Crippen molar-refractivity contribution in [3.05, 3.63) is 54.7 Å². The molecule has 1 fully saturated rings. The molecule has 0 unspecified atom stereocenters. The van der Waals surface area contributed by atoms with Gasteiger partial charge in [0.05, 0.1) is 6.20 Å². The number of anilines is 4. The van der Waals surface area contributed by atoms with Crippen LogP contribution in [0, 0.1) is 0 Å². The van der Waals surface area contributed by atoms with E-state index in [0.29, 0.717) is 17.8 Å². The first-order valence-electron chi connectivity index (χ1n) is 11.6. The van der Waals surface area contributed by atoms with Crippen LogP contribution < -0.4 is 16.0 Å². The summed E-state index contributed by atoms with van der Waals surface area (Å²) in [5.41, 5.74) is 3.49. The summed E-state index contributed by atoms with van der Waals surface area (Å²) in [5, 5.41) is 14.5. The van der Waals surface area contributed by atoms with Crippen molar-refractivity contribution < 1.29 is 4.79 Å². The van der Waals surface area contributed by atoms with E-state index in [9.17, 15) is 4.79 Å². The van der Waals surface area contributed by atoms with Crippen molar-refractivity contribution in [1.29, 1.82) is 0 Å². The first kappa shape index (κ1) is 22.8. The molecule has 1 aromatic carbocycles. The van der Waals surface area contributed by atoms with Crippen molar-refractivity contribution in [1.82, 2.24) is 19.5 Å². The fourth-order valence-electron chi connectivity index (χ4n) is 4.38. The summed E-state index contributed by atoms with van der Waals surface area (Å²) in [6.45, 7) is 5.62. The Morgan fingerprint density at radius 1 is 1.21 bits per heavy atom. The molecule has 8 nitrogen and oxygen atoms in total. The summed E-state index contributed by atoms with van der Waals surface area (Å²) in [7, 11) is 4.32. The largest absolute Gasteiger partial charge is 0.367 e. The van der Waals surface area contributed by atoms with Crippen molar-refractivity contribution in [2.75, 3.05) is 30.0 Å². The zero-order valence-corrected chi connectivity index (χ0v) is 19.6. The van der Waals surface area contributed by atoms with E-state index in [1.807, 2.05) is 41.0 Å². The predicted octanol–water partition coefficient (Wildman–Crippen LogP) is 4.44. The van der Waals surface area contributed by atoms with Crippen LogP contribution in [0.2, 0.25) is 0 Å². The number of aromatic nitrogens is 3. The van der Waals surface area contributed by atoms with Gasteiger partial charge in [-0.05, 0) is 70.5 Å². The molecular weight excluding hydrogens is 414 g/mol. The highest BCUT2D eigenvalue weighted by atomic mass is 16.1. The van der Waals surface area contributed by atoms with Crippen molar-refractivity contribution in [2.24, 2.45) is 0 Å². The third-order valence-corrected chi connectivity index (χ3v) is 6.29. The fraction of sp³-hybridized carbons (Fsp3) is 0.400. The SMILES string of the molecule is C=CC(=O)Nc1cccc(Nc2cc(N[C@H]3CC[C@H](N(C)C)CC3)nc3c(CC)cnn23)c1. The Morgan fingerprint density at radius 2 is 1.97 bits per heavy atom. The van der Waals surface area contributed by atoms with E-state index in [1.165, 1.54) is 18.9 Å². The summed E-state index contributed by atoms with van der Waals surface area (Å²) in [5.74, 6) is 1.43. The molecule has 174 valence electrons. The average Bonchev–Trinajstić information content (AvgIpc) is 3.23. The molecule has 0 bridgehead atoms. The van der Waals surface area contributed by atoms with Crippen LogP contribution in [0.1, 0.15) is 38.2 Å². The second kappa shape index (κ2) is 10.0. The topological polar surface area (TPSA) is 86.6 Å². The number of carbonyl (C=O) groups excluding carboxylic acids is 1. The summed E-state index contributed by atoms with van der Waals surface area (Å²) >= 11 is 0. The second-order valence-electron chi connectivity index (χ2n) is 8.80. The summed E-state index contributed by atoms with van der Waals surface area (Å²) in [4.78, 5) is 18.9. The third-order valence-electron chi connectivity index (χ3n) is 6.29. The minimum atomic E-state index is -0.242. The first-order valence-corrected chi connectivity index (χ1v) is 11.6. The Labute approximate surface area is 195 Å². The van der Waals surface area contributed by atoms with Gasteiger partial charge >= 0.3 is 0 Å². The zero-order valence-electron chi connectivity index (χ0n) is 19.6. The highest BCUT2D eigenvalue weighted by Gasteiger charge is 2.23. The molecule has 0 aliphatic heterocycles. The van der Waals surface area contributed by atoms with Crippen LogP contribution in [-0.2, 0) is 11.2 Å². The Morgan fingerprint density at radius 3 is 2.67 bits per heavy atom. The molecule has 8 heteroatoms. The monoisotopic (exact) mass is 447 g/mol. The van der Waals surface area contributed by atoms with Crippen molar-refractivity contribution >= 4 is 34.6 Å². The van der Waals surface area contributed by atoms with Crippen LogP contribution in [0.3, 0.4) is 0 Å². The molecule has 0 radical (unpaired) electrons. The molecule has 1 aliphatic rings. The van der Waals surface area contributed by atoms with Crippen molar-refractivity contribution in [3.8, 4) is 0 Å². The Hall–Kier alpha value is -3.39. The predicted molar refractivity (Wildman–Crippen MR) is 134 cm³/mol. The number of fused-ring (bicyclic) bond motifs is 1. The number of amides is 1. The van der Waals surface area contributed by atoms with Gasteiger partial charge in [0.25, 0.3) is 0 Å². The Kier molecular flexibility index (Phi) is 6.93. The Balaban J connectivity index is 1.59. The minimum absolute atomic E-state index is 0.242. The first-order chi connectivity index (χ1) is 16.0. The van der Waals surface area contributed by atoms with E-state index < -0.39 is 0 Å². The molecule has 2 heterocycles. The maximum Gasteiger partial charge on any atom is 0.247 e. The molecule has 3 N–H and O–H groups in total. The van der Waals surface area contributed by atoms with Gasteiger partial charge in [-0.2, -0.15) is 9.61 Å². The third kappa shape index (κ3) is 5.34. The normalized spacial score (nSPS) is 18.3. The van der Waals surface area contributed by atoms with Crippen molar-refractivity contribution in [3.63, 3.8) is 0 Å². The van der Waals surface area contributed by atoms with Crippen LogP contribution in [0.25, 0.3) is 5.65 Å². The second-order valence-corrected chi connectivity index (χ2v) is 8.80. The Bertz CT molecular complexity index is 1130. The van der Waals surface area contributed by atoms with Gasteiger partial charge in [0.15, 0.2) is 5.65 Å². The van der Waals surface area contributed by atoms with Crippen LogP contribution in [0.15, 0.2) is 49.2 Å². The standard InChI is InChI=1S/C25H33N7O/c1-5-17-16-26-32-23(28-19-8-7-9-20(14-19)29-24(33)6-2)15-22(30-25(17)32)27-18-10-12-21(13-11-18)31(3)4/h6-9,14-16,18,21,28H,2,5,10-13H2,1,3-4H3,(H,27,30)(H,29,33)/t18-,21-. The average molecular weight is 448 g/mol. The highest BCUT2D eigenvalue weighted by Crippen LogP contribution is 2.28. The van der Waals surface area contributed by atoms with Crippen LogP contribution in [0.4, 0.5) is 23.0 Å². The molecular formula is C25H33N7O. The summed E-state index contributed by atoms with van der Waals surface area (Å²) < 4.78 is 1.84. The number of hydrogen-bond donors (Lipinski definition) is 3. The van der Waals surface area contributed by atoms with Crippen LogP contribution in [0.5, 0.6) is 0 Å². The summed E-state index contributed by atoms with van der Waals surface area (Å²) in [6, 6.07) is 10.6. The van der Waals surface area contributed by atoms with E-state index in [-0.39, 0.29) is 5.91 Å². The minimum Gasteiger partial charge on any atom is -0.367 e. The molecule has 1 amide bonds. The quantitative estimate of drug-likeness (QED) is 0.443. The number of benzene rings is 1. The molecule has 4 rings (SSSR count). The number of aryl methyl sites for hydroxylation is 1. The molecule has 3 aromatic rings. The van der Waals surface area contributed by atoms with E-state index in [1.54, 1.807) is 0 Å². The summed E-state index contributed by atoms with van der Waals surface area (Å²) in [6.07, 6.45) is 8.62. The molecule has 1 saturated carbocycles. The van der Waals surface area contributed by atoms with Crippen LogP contribution in [-0.4, -0.2) is 51.6 Å². The van der Waals surface area contributed by atoms with Gasteiger partial charge in [0.2, 0.25) is 5.91 Å². The van der Waals surface area contributed by atoms with Gasteiger partial charge in [0, 0.05) is 35.1 Å². The van der Waals surface area contributed by atoms with Crippen LogP contribution >= 0.6 is 0 Å². The van der Waals surface area contributed by atoms with Gasteiger partial charge in [-0.1, -0.05) is 19.6 Å². The molecule has 1 aliphatic carbocycles. The molecule has 0 atom stereocenters. The van der Waals surface area contributed by atoms with Gasteiger partial charge in [-0.25, -0.2) is 4.98 Å². The number of nitrogens with zero attached hydrogens (tertiary/aromatic N) is 4. The van der Waals surface area contributed by atoms with E-state index >= 15 is 0 Å². The fourth-order valence-corrected chi connectivity index (χ4v) is 4.38. The van der Waals surface area contributed by atoms with E-state index in [0.717, 1.165) is 47.8 Å². The zero-order chi connectivity index (χ0) is 23.4. The lowest BCUT2D eigenvalue weighted by molar-refractivity contribution is -0.111. The molecule has 0 saturated heterocycles. The molecule has 33 heavy (non-hydrogen) atoms. The van der Waals surface area contributed by atoms with Gasteiger partial charge in [0.1, 0.15) is 11.6 Å². The van der Waals surface area contributed by atoms with Gasteiger partial charge in [-0.15, -0.1) is 0 Å². The number of carbonyl (C=O) groups is 1. The number of rotatable bonds is 8. The lowest BCUT2D eigenvalue weighted by Gasteiger charge is -2.33. The highest BCUT2D eigenvalue weighted by molar-refractivity contribution is 5.99. The smallest absolute Gasteiger partial charge is 0.247 e. The van der Waals surface area contributed by atoms with E-state index in [4.69, 9.17) is 4.98 Å². The lowest BCUT2D eigenvalue weighted by Crippen LogP contribution is -2.36. The maximum absolute atomic E-state index is 11.7. The maximum atomic E-state index is 11.7. The number of nitrogens with one attached hydrogen (secondary N) is 3. The van der Waals surface area contributed by atoms with Gasteiger partial charge < -0.3 is 20.9 Å².